The second kappa shape index (κ2) is 6.29. The fraction of sp³-hybridized carbons (Fsp3) is 0.188. The number of halogens is 1. The minimum atomic E-state index is -0.258. The first-order chi connectivity index (χ1) is 11.0. The first kappa shape index (κ1) is 15.4. The van der Waals surface area contributed by atoms with Gasteiger partial charge in [0, 0.05) is 28.8 Å². The summed E-state index contributed by atoms with van der Waals surface area (Å²) in [7, 11) is 0. The molecule has 7 heteroatoms. The van der Waals surface area contributed by atoms with E-state index in [9.17, 15) is 4.39 Å². The summed E-state index contributed by atoms with van der Waals surface area (Å²) in [6, 6.07) is 6.41. The fourth-order valence-electron chi connectivity index (χ4n) is 2.27. The molecule has 3 aromatic rings. The van der Waals surface area contributed by atoms with Gasteiger partial charge in [-0.15, -0.1) is 11.3 Å². The molecule has 1 atom stereocenters. The standard InChI is InChI=1S/C16H16FN5S/c1-9-7-20-16(23-9)22-14-13(8-19-15(18)21-14)10(2)11-3-5-12(17)6-4-11/h3-8,10H,1-2H3,(H3,18,19,20,21,22)/t10-/m0/s1. The molecule has 3 N–H and O–H groups in total. The Hall–Kier alpha value is -2.54. The number of hydrogen-bond donors (Lipinski definition) is 2. The van der Waals surface area contributed by atoms with Crippen LogP contribution >= 0.6 is 11.3 Å². The number of aryl methyl sites for hydroxylation is 1. The molecule has 0 spiro atoms. The van der Waals surface area contributed by atoms with Gasteiger partial charge in [-0.25, -0.2) is 14.4 Å². The lowest BCUT2D eigenvalue weighted by Gasteiger charge is -2.16. The largest absolute Gasteiger partial charge is 0.368 e. The molecule has 0 fully saturated rings. The SMILES string of the molecule is Cc1cnc(Nc2nc(N)ncc2[C@@H](C)c2ccc(F)cc2)s1. The monoisotopic (exact) mass is 329 g/mol. The van der Waals surface area contributed by atoms with Crippen molar-refractivity contribution in [1.29, 1.82) is 0 Å². The van der Waals surface area contributed by atoms with Crippen molar-refractivity contribution in [1.82, 2.24) is 15.0 Å². The number of rotatable bonds is 4. The van der Waals surface area contributed by atoms with E-state index in [4.69, 9.17) is 5.73 Å². The summed E-state index contributed by atoms with van der Waals surface area (Å²) in [6.07, 6.45) is 3.49. The summed E-state index contributed by atoms with van der Waals surface area (Å²) in [5.41, 5.74) is 7.56. The Morgan fingerprint density at radius 1 is 1.17 bits per heavy atom. The maximum atomic E-state index is 13.1. The van der Waals surface area contributed by atoms with Crippen molar-refractivity contribution >= 4 is 28.2 Å². The number of nitrogens with two attached hydrogens (primary N) is 1. The summed E-state index contributed by atoms with van der Waals surface area (Å²) < 4.78 is 13.1. The van der Waals surface area contributed by atoms with Gasteiger partial charge in [-0.05, 0) is 24.6 Å². The zero-order valence-corrected chi connectivity index (χ0v) is 13.6. The van der Waals surface area contributed by atoms with Crippen molar-refractivity contribution in [3.05, 3.63) is 58.5 Å². The molecule has 0 aliphatic heterocycles. The van der Waals surface area contributed by atoms with Crippen molar-refractivity contribution in [2.24, 2.45) is 0 Å². The van der Waals surface area contributed by atoms with Crippen molar-refractivity contribution < 1.29 is 4.39 Å². The second-order valence-electron chi connectivity index (χ2n) is 5.21. The first-order valence-corrected chi connectivity index (χ1v) is 7.92. The molecule has 1 aromatic carbocycles. The number of aromatic nitrogens is 3. The summed E-state index contributed by atoms with van der Waals surface area (Å²) in [4.78, 5) is 13.8. The molecule has 23 heavy (non-hydrogen) atoms. The summed E-state index contributed by atoms with van der Waals surface area (Å²) in [5, 5.41) is 3.94. The van der Waals surface area contributed by atoms with E-state index in [1.807, 2.05) is 13.8 Å². The number of hydrogen-bond acceptors (Lipinski definition) is 6. The van der Waals surface area contributed by atoms with E-state index in [2.05, 4.69) is 20.3 Å². The molecule has 0 aliphatic rings. The Bertz CT molecular complexity index is 816. The lowest BCUT2D eigenvalue weighted by Crippen LogP contribution is -2.07. The lowest BCUT2D eigenvalue weighted by atomic mass is 9.94. The molecule has 0 radical (unpaired) electrons. The van der Waals surface area contributed by atoms with Gasteiger partial charge in [-0.2, -0.15) is 4.98 Å². The van der Waals surface area contributed by atoms with E-state index in [1.165, 1.54) is 23.5 Å². The van der Waals surface area contributed by atoms with Gasteiger partial charge in [0.05, 0.1) is 0 Å². The van der Waals surface area contributed by atoms with Gasteiger partial charge in [0.1, 0.15) is 11.6 Å². The highest BCUT2D eigenvalue weighted by Crippen LogP contribution is 2.31. The van der Waals surface area contributed by atoms with Gasteiger partial charge in [0.15, 0.2) is 5.13 Å². The molecule has 5 nitrogen and oxygen atoms in total. The van der Waals surface area contributed by atoms with Crippen LogP contribution in [0.2, 0.25) is 0 Å². The van der Waals surface area contributed by atoms with E-state index in [0.29, 0.717) is 5.82 Å². The van der Waals surface area contributed by atoms with Crippen LogP contribution in [0.5, 0.6) is 0 Å². The third-order valence-corrected chi connectivity index (χ3v) is 4.35. The zero-order valence-electron chi connectivity index (χ0n) is 12.7. The maximum absolute atomic E-state index is 13.1. The topological polar surface area (TPSA) is 76.7 Å². The van der Waals surface area contributed by atoms with Crippen molar-refractivity contribution in [3.8, 4) is 0 Å². The Morgan fingerprint density at radius 2 is 1.91 bits per heavy atom. The number of anilines is 3. The van der Waals surface area contributed by atoms with Crippen molar-refractivity contribution in [2.45, 2.75) is 19.8 Å². The molecule has 2 aromatic heterocycles. The van der Waals surface area contributed by atoms with E-state index in [-0.39, 0.29) is 17.7 Å². The lowest BCUT2D eigenvalue weighted by molar-refractivity contribution is 0.626. The minimum absolute atomic E-state index is 0.0141. The number of nitrogens with one attached hydrogen (secondary N) is 1. The smallest absolute Gasteiger partial charge is 0.221 e. The van der Waals surface area contributed by atoms with Gasteiger partial charge in [0.2, 0.25) is 5.95 Å². The Balaban J connectivity index is 1.96. The molecule has 0 amide bonds. The van der Waals surface area contributed by atoms with E-state index in [0.717, 1.165) is 21.1 Å². The van der Waals surface area contributed by atoms with Crippen molar-refractivity contribution in [3.63, 3.8) is 0 Å². The Kier molecular flexibility index (Phi) is 4.20. The van der Waals surface area contributed by atoms with Crippen LogP contribution in [0, 0.1) is 12.7 Å². The van der Waals surface area contributed by atoms with Crippen LogP contribution in [0.4, 0.5) is 21.3 Å². The molecule has 0 bridgehead atoms. The molecule has 3 rings (SSSR count). The molecular weight excluding hydrogens is 313 g/mol. The quantitative estimate of drug-likeness (QED) is 0.760. The summed E-state index contributed by atoms with van der Waals surface area (Å²) in [6.45, 7) is 4.00. The average Bonchev–Trinajstić information content (AvgIpc) is 2.93. The Labute approximate surface area is 137 Å². The molecule has 0 aliphatic carbocycles. The number of nitrogen functional groups attached to an aromatic ring is 1. The van der Waals surface area contributed by atoms with E-state index in [1.54, 1.807) is 24.5 Å². The fourth-order valence-corrected chi connectivity index (χ4v) is 2.93. The highest BCUT2D eigenvalue weighted by Gasteiger charge is 2.16. The van der Waals surface area contributed by atoms with Gasteiger partial charge < -0.3 is 11.1 Å². The van der Waals surface area contributed by atoms with Crippen LogP contribution in [-0.4, -0.2) is 15.0 Å². The minimum Gasteiger partial charge on any atom is -0.368 e. The van der Waals surface area contributed by atoms with Crippen LogP contribution in [-0.2, 0) is 0 Å². The predicted molar refractivity (Wildman–Crippen MR) is 90.5 cm³/mol. The van der Waals surface area contributed by atoms with Crippen LogP contribution in [0.1, 0.15) is 28.8 Å². The average molecular weight is 329 g/mol. The summed E-state index contributed by atoms with van der Waals surface area (Å²) >= 11 is 1.53. The zero-order chi connectivity index (χ0) is 16.4. The van der Waals surface area contributed by atoms with Gasteiger partial charge >= 0.3 is 0 Å². The second-order valence-corrected chi connectivity index (χ2v) is 6.44. The van der Waals surface area contributed by atoms with Crippen LogP contribution in [0.15, 0.2) is 36.7 Å². The van der Waals surface area contributed by atoms with E-state index < -0.39 is 0 Å². The Morgan fingerprint density at radius 3 is 2.57 bits per heavy atom. The number of nitrogens with zero attached hydrogens (tertiary/aromatic N) is 3. The third-order valence-electron chi connectivity index (χ3n) is 3.52. The van der Waals surface area contributed by atoms with Crippen LogP contribution < -0.4 is 11.1 Å². The molecular formula is C16H16FN5S. The molecule has 0 saturated heterocycles. The van der Waals surface area contributed by atoms with Crippen LogP contribution in [0.3, 0.4) is 0 Å². The molecule has 0 unspecified atom stereocenters. The van der Waals surface area contributed by atoms with Gasteiger partial charge in [0.25, 0.3) is 0 Å². The molecule has 0 saturated carbocycles. The number of thiazole rings is 1. The molecule has 118 valence electrons. The van der Waals surface area contributed by atoms with Crippen LogP contribution in [0.25, 0.3) is 0 Å². The normalized spacial score (nSPS) is 12.1. The maximum Gasteiger partial charge on any atom is 0.221 e. The van der Waals surface area contributed by atoms with Gasteiger partial charge in [-0.1, -0.05) is 19.1 Å². The first-order valence-electron chi connectivity index (χ1n) is 7.10. The van der Waals surface area contributed by atoms with Gasteiger partial charge in [-0.3, -0.25) is 0 Å². The third kappa shape index (κ3) is 3.45. The summed E-state index contributed by atoms with van der Waals surface area (Å²) in [5.74, 6) is 0.533. The number of benzene rings is 1. The molecule has 2 heterocycles. The van der Waals surface area contributed by atoms with Crippen molar-refractivity contribution in [2.75, 3.05) is 11.1 Å². The van der Waals surface area contributed by atoms with E-state index >= 15 is 0 Å². The highest BCUT2D eigenvalue weighted by molar-refractivity contribution is 7.15. The highest BCUT2D eigenvalue weighted by atomic mass is 32.1. The predicted octanol–water partition coefficient (Wildman–Crippen LogP) is 3.86.